The van der Waals surface area contributed by atoms with Crippen LogP contribution in [0.2, 0.25) is 0 Å². The number of nitrogens with zero attached hydrogens (tertiary/aromatic N) is 2. The highest BCUT2D eigenvalue weighted by Crippen LogP contribution is 2.25. The number of benzene rings is 4. The summed E-state index contributed by atoms with van der Waals surface area (Å²) in [5.41, 5.74) is 9.13. The van der Waals surface area contributed by atoms with Gasteiger partial charge in [0, 0.05) is 47.6 Å². The molecular weight excluding hydrogens is 440 g/mol. The highest BCUT2D eigenvalue weighted by Gasteiger charge is 2.04. The average Bonchev–Trinajstić information content (AvgIpc) is 2.95. The minimum atomic E-state index is 0.766. The van der Waals surface area contributed by atoms with Gasteiger partial charge < -0.3 is 10.6 Å². The lowest BCUT2D eigenvalue weighted by Gasteiger charge is -2.11. The molecule has 2 N–H and O–H groups in total. The summed E-state index contributed by atoms with van der Waals surface area (Å²) >= 11 is 0. The molecule has 0 unspecified atom stereocenters. The van der Waals surface area contributed by atoms with Crippen LogP contribution in [-0.2, 0) is 13.1 Å². The second-order valence-electron chi connectivity index (χ2n) is 8.85. The van der Waals surface area contributed by atoms with Crippen LogP contribution in [0, 0.1) is 0 Å². The molecule has 0 amide bonds. The molecule has 0 radical (unpaired) electrons. The molecule has 0 saturated carbocycles. The van der Waals surface area contributed by atoms with Crippen molar-refractivity contribution in [1.29, 1.82) is 0 Å². The normalized spacial score (nSPS) is 11.0. The first-order valence-corrected chi connectivity index (χ1v) is 12.2. The van der Waals surface area contributed by atoms with Crippen LogP contribution in [-0.4, -0.2) is 9.97 Å². The molecule has 0 atom stereocenters. The van der Waals surface area contributed by atoms with Gasteiger partial charge in [0.05, 0.1) is 11.0 Å². The van der Waals surface area contributed by atoms with Gasteiger partial charge in [-0.25, -0.2) is 0 Å². The van der Waals surface area contributed by atoms with Crippen LogP contribution in [0.4, 0.5) is 11.4 Å². The zero-order valence-electron chi connectivity index (χ0n) is 19.9. The second kappa shape index (κ2) is 9.88. The first-order chi connectivity index (χ1) is 17.8. The molecule has 0 fully saturated rings. The molecule has 0 spiro atoms. The van der Waals surface area contributed by atoms with Crippen molar-refractivity contribution >= 4 is 33.2 Å². The molecule has 0 aliphatic heterocycles. The summed E-state index contributed by atoms with van der Waals surface area (Å²) in [6.07, 6.45) is 3.71. The number of fused-ring (bicyclic) bond motifs is 2. The van der Waals surface area contributed by atoms with Gasteiger partial charge in [-0.15, -0.1) is 0 Å². The standard InChI is InChI=1S/C32H26N4/c1-3-7-29-27(5-1)31(17-19-33-29)35-21-23-9-13-25(14-10-23)26-15-11-24(12-16-26)22-36-32-18-20-34-30-8-4-2-6-28(30)32/h1-20H,21-22H2,(H,33,35)(H,34,36). The van der Waals surface area contributed by atoms with Gasteiger partial charge in [-0.2, -0.15) is 0 Å². The molecule has 36 heavy (non-hydrogen) atoms. The maximum Gasteiger partial charge on any atom is 0.0722 e. The lowest BCUT2D eigenvalue weighted by molar-refractivity contribution is 1.15. The van der Waals surface area contributed by atoms with Gasteiger partial charge in [0.25, 0.3) is 0 Å². The summed E-state index contributed by atoms with van der Waals surface area (Å²) in [4.78, 5) is 8.88. The first kappa shape index (κ1) is 21.8. The van der Waals surface area contributed by atoms with Crippen molar-refractivity contribution in [2.45, 2.75) is 13.1 Å². The third-order valence-electron chi connectivity index (χ3n) is 6.51. The van der Waals surface area contributed by atoms with Crippen molar-refractivity contribution < 1.29 is 0 Å². The summed E-state index contributed by atoms with van der Waals surface area (Å²) in [7, 11) is 0. The van der Waals surface area contributed by atoms with Crippen molar-refractivity contribution in [3.05, 3.63) is 133 Å². The van der Waals surface area contributed by atoms with Crippen LogP contribution >= 0.6 is 0 Å². The predicted octanol–water partition coefficient (Wildman–Crippen LogP) is 7.67. The number of nitrogens with one attached hydrogen (secondary N) is 2. The first-order valence-electron chi connectivity index (χ1n) is 12.2. The van der Waals surface area contributed by atoms with E-state index >= 15 is 0 Å². The molecule has 6 aromatic rings. The second-order valence-corrected chi connectivity index (χ2v) is 8.85. The van der Waals surface area contributed by atoms with E-state index in [0.29, 0.717) is 0 Å². The Balaban J connectivity index is 1.10. The minimum absolute atomic E-state index is 0.766. The van der Waals surface area contributed by atoms with Crippen molar-refractivity contribution in [2.24, 2.45) is 0 Å². The largest absolute Gasteiger partial charge is 0.380 e. The predicted molar refractivity (Wildman–Crippen MR) is 150 cm³/mol. The van der Waals surface area contributed by atoms with E-state index in [1.54, 1.807) is 0 Å². The van der Waals surface area contributed by atoms with Gasteiger partial charge in [0.1, 0.15) is 0 Å². The third-order valence-corrected chi connectivity index (χ3v) is 6.51. The summed E-state index contributed by atoms with van der Waals surface area (Å²) in [6, 6.07) is 38.0. The van der Waals surface area contributed by atoms with Crippen LogP contribution < -0.4 is 10.6 Å². The van der Waals surface area contributed by atoms with Gasteiger partial charge in [-0.1, -0.05) is 84.9 Å². The van der Waals surface area contributed by atoms with Crippen LogP contribution in [0.15, 0.2) is 122 Å². The smallest absolute Gasteiger partial charge is 0.0722 e. The maximum absolute atomic E-state index is 4.44. The van der Waals surface area contributed by atoms with Gasteiger partial charge >= 0.3 is 0 Å². The average molecular weight is 467 g/mol. The van der Waals surface area contributed by atoms with Crippen LogP contribution in [0.1, 0.15) is 11.1 Å². The van der Waals surface area contributed by atoms with Gasteiger partial charge in [0.15, 0.2) is 0 Å². The monoisotopic (exact) mass is 466 g/mol. The molecular formula is C32H26N4. The number of aromatic nitrogens is 2. The molecule has 0 aliphatic carbocycles. The van der Waals surface area contributed by atoms with Gasteiger partial charge in [-0.05, 0) is 46.5 Å². The van der Waals surface area contributed by atoms with Crippen LogP contribution in [0.25, 0.3) is 32.9 Å². The fraction of sp³-hybridized carbons (Fsp3) is 0.0625. The van der Waals surface area contributed by atoms with E-state index in [9.17, 15) is 0 Å². The van der Waals surface area contributed by atoms with E-state index < -0.39 is 0 Å². The Morgan fingerprint density at radius 3 is 1.31 bits per heavy atom. The Kier molecular flexibility index (Phi) is 5.99. The number of para-hydroxylation sites is 2. The molecule has 4 heteroatoms. The molecule has 4 aromatic carbocycles. The Morgan fingerprint density at radius 2 is 0.861 bits per heavy atom. The molecule has 4 nitrogen and oxygen atoms in total. The van der Waals surface area contributed by atoms with Crippen LogP contribution in [0.3, 0.4) is 0 Å². The molecule has 2 aromatic heterocycles. The Bertz CT molecular complexity index is 1490. The zero-order valence-corrected chi connectivity index (χ0v) is 19.9. The number of hydrogen-bond acceptors (Lipinski definition) is 4. The minimum Gasteiger partial charge on any atom is -0.380 e. The Labute approximate surface area is 210 Å². The van der Waals surface area contributed by atoms with Gasteiger partial charge in [0.2, 0.25) is 0 Å². The van der Waals surface area contributed by atoms with Crippen molar-refractivity contribution in [3.63, 3.8) is 0 Å². The highest BCUT2D eigenvalue weighted by molar-refractivity contribution is 5.91. The fourth-order valence-electron chi connectivity index (χ4n) is 4.52. The molecule has 6 rings (SSSR count). The molecule has 0 saturated heterocycles. The summed E-state index contributed by atoms with van der Waals surface area (Å²) in [5, 5.41) is 9.40. The molecule has 2 heterocycles. The van der Waals surface area contributed by atoms with E-state index in [4.69, 9.17) is 0 Å². The van der Waals surface area contributed by atoms with Crippen molar-refractivity contribution in [2.75, 3.05) is 10.6 Å². The van der Waals surface area contributed by atoms with E-state index in [1.807, 2.05) is 60.9 Å². The SMILES string of the molecule is c1ccc2c(NCc3ccc(-c4ccc(CNc5ccnc6ccccc56)cc4)cc3)ccnc2c1. The number of anilines is 2. The number of pyridine rings is 2. The van der Waals surface area contributed by atoms with E-state index in [1.165, 1.54) is 22.3 Å². The lowest BCUT2D eigenvalue weighted by Crippen LogP contribution is -2.00. The molecule has 0 bridgehead atoms. The molecule has 0 aliphatic rings. The quantitative estimate of drug-likeness (QED) is 0.253. The van der Waals surface area contributed by atoms with Gasteiger partial charge in [-0.3, -0.25) is 9.97 Å². The van der Waals surface area contributed by atoms with Crippen LogP contribution in [0.5, 0.6) is 0 Å². The summed E-state index contributed by atoms with van der Waals surface area (Å²) in [6.45, 7) is 1.53. The zero-order chi connectivity index (χ0) is 24.2. The Hall–Kier alpha value is -4.70. The van der Waals surface area contributed by atoms with E-state index in [-0.39, 0.29) is 0 Å². The number of hydrogen-bond donors (Lipinski definition) is 2. The van der Waals surface area contributed by atoms with Crippen molar-refractivity contribution in [1.82, 2.24) is 9.97 Å². The number of rotatable bonds is 7. The summed E-state index contributed by atoms with van der Waals surface area (Å²) < 4.78 is 0. The maximum atomic E-state index is 4.44. The Morgan fingerprint density at radius 1 is 0.444 bits per heavy atom. The van der Waals surface area contributed by atoms with E-state index in [0.717, 1.165) is 46.3 Å². The third kappa shape index (κ3) is 4.62. The van der Waals surface area contributed by atoms with Crippen molar-refractivity contribution in [3.8, 4) is 11.1 Å². The summed E-state index contributed by atoms with van der Waals surface area (Å²) in [5.74, 6) is 0. The fourth-order valence-corrected chi connectivity index (χ4v) is 4.52. The van der Waals surface area contributed by atoms with E-state index in [2.05, 4.69) is 81.3 Å². The topological polar surface area (TPSA) is 49.8 Å². The highest BCUT2D eigenvalue weighted by atomic mass is 14.9. The molecule has 174 valence electrons. The lowest BCUT2D eigenvalue weighted by atomic mass is 10.0.